The molecule has 1 saturated heterocycles. The topological polar surface area (TPSA) is 21.3 Å². The van der Waals surface area contributed by atoms with E-state index in [1.165, 1.54) is 32.1 Å². The van der Waals surface area contributed by atoms with Crippen molar-refractivity contribution in [1.29, 1.82) is 0 Å². The Hall–Kier alpha value is -0.0800. The summed E-state index contributed by atoms with van der Waals surface area (Å²) in [5.74, 6) is 0.927. The summed E-state index contributed by atoms with van der Waals surface area (Å²) in [5.41, 5.74) is 0.987. The second kappa shape index (κ2) is 4.21. The van der Waals surface area contributed by atoms with Crippen LogP contribution in [0.1, 0.15) is 59.8 Å². The Balaban J connectivity index is 1.71. The maximum atomic E-state index is 5.84. The SMILES string of the molecule is CC(NC1C2(C)CCC(C2)C1(C)C)C1CCCO1. The van der Waals surface area contributed by atoms with Crippen LogP contribution in [0.4, 0.5) is 0 Å². The quantitative estimate of drug-likeness (QED) is 0.830. The lowest BCUT2D eigenvalue weighted by Gasteiger charge is -2.45. The molecule has 2 aliphatic carbocycles. The van der Waals surface area contributed by atoms with Crippen LogP contribution in [0.3, 0.4) is 0 Å². The zero-order valence-electron chi connectivity index (χ0n) is 12.5. The average molecular weight is 251 g/mol. The van der Waals surface area contributed by atoms with Gasteiger partial charge < -0.3 is 10.1 Å². The maximum absolute atomic E-state index is 5.84. The van der Waals surface area contributed by atoms with E-state index >= 15 is 0 Å². The number of ether oxygens (including phenoxy) is 1. The van der Waals surface area contributed by atoms with Crippen LogP contribution in [0, 0.1) is 16.7 Å². The van der Waals surface area contributed by atoms with Gasteiger partial charge in [0, 0.05) is 18.7 Å². The smallest absolute Gasteiger partial charge is 0.0726 e. The van der Waals surface area contributed by atoms with Crippen molar-refractivity contribution in [3.63, 3.8) is 0 Å². The van der Waals surface area contributed by atoms with Gasteiger partial charge in [-0.05, 0) is 55.8 Å². The third kappa shape index (κ3) is 1.84. The highest BCUT2D eigenvalue weighted by Crippen LogP contribution is 2.62. The van der Waals surface area contributed by atoms with Gasteiger partial charge in [-0.1, -0.05) is 20.8 Å². The number of nitrogens with one attached hydrogen (secondary N) is 1. The predicted octanol–water partition coefficient (Wildman–Crippen LogP) is 3.36. The van der Waals surface area contributed by atoms with Crippen LogP contribution in [0.5, 0.6) is 0 Å². The van der Waals surface area contributed by atoms with Crippen molar-refractivity contribution in [3.8, 4) is 0 Å². The van der Waals surface area contributed by atoms with Crippen molar-refractivity contribution in [2.75, 3.05) is 6.61 Å². The first kappa shape index (κ1) is 12.9. The lowest BCUT2D eigenvalue weighted by atomic mass is 9.68. The van der Waals surface area contributed by atoms with Gasteiger partial charge in [-0.3, -0.25) is 0 Å². The number of rotatable bonds is 3. The molecule has 0 aromatic rings. The van der Waals surface area contributed by atoms with Gasteiger partial charge in [0.05, 0.1) is 6.10 Å². The van der Waals surface area contributed by atoms with Crippen molar-refractivity contribution in [3.05, 3.63) is 0 Å². The molecule has 0 amide bonds. The Labute approximate surface area is 112 Å². The van der Waals surface area contributed by atoms with Crippen LogP contribution in [0.2, 0.25) is 0 Å². The molecule has 3 fully saturated rings. The highest BCUT2D eigenvalue weighted by Gasteiger charge is 2.59. The van der Waals surface area contributed by atoms with E-state index in [1.54, 1.807) is 0 Å². The number of hydrogen-bond acceptors (Lipinski definition) is 2. The summed E-state index contributed by atoms with van der Waals surface area (Å²) in [6, 6.07) is 1.18. The number of fused-ring (bicyclic) bond motifs is 2. The average Bonchev–Trinajstić information content (AvgIpc) is 2.96. The lowest BCUT2D eigenvalue weighted by molar-refractivity contribution is 0.0457. The molecule has 18 heavy (non-hydrogen) atoms. The summed E-state index contributed by atoms with van der Waals surface area (Å²) in [4.78, 5) is 0. The third-order valence-corrected chi connectivity index (χ3v) is 6.22. The Morgan fingerprint density at radius 3 is 2.56 bits per heavy atom. The minimum Gasteiger partial charge on any atom is -0.377 e. The van der Waals surface area contributed by atoms with Gasteiger partial charge in [-0.2, -0.15) is 0 Å². The fraction of sp³-hybridized carbons (Fsp3) is 1.00. The van der Waals surface area contributed by atoms with E-state index in [9.17, 15) is 0 Å². The fourth-order valence-corrected chi connectivity index (χ4v) is 5.09. The first-order valence-corrected chi connectivity index (χ1v) is 7.81. The minimum atomic E-state index is 0.448. The largest absolute Gasteiger partial charge is 0.377 e. The predicted molar refractivity (Wildman–Crippen MR) is 74.6 cm³/mol. The summed E-state index contributed by atoms with van der Waals surface area (Å²) in [7, 11) is 0. The normalized spacial score (nSPS) is 47.7. The minimum absolute atomic E-state index is 0.448. The monoisotopic (exact) mass is 251 g/mol. The first-order valence-electron chi connectivity index (χ1n) is 7.81. The van der Waals surface area contributed by atoms with Gasteiger partial charge in [0.2, 0.25) is 0 Å². The van der Waals surface area contributed by atoms with Crippen molar-refractivity contribution in [2.45, 2.75) is 78.0 Å². The fourth-order valence-electron chi connectivity index (χ4n) is 5.09. The van der Waals surface area contributed by atoms with Crippen molar-refractivity contribution >= 4 is 0 Å². The van der Waals surface area contributed by atoms with E-state index < -0.39 is 0 Å². The van der Waals surface area contributed by atoms with Crippen LogP contribution in [-0.2, 0) is 4.74 Å². The molecule has 5 atom stereocenters. The molecule has 104 valence electrons. The third-order valence-electron chi connectivity index (χ3n) is 6.22. The Morgan fingerprint density at radius 2 is 2.00 bits per heavy atom. The van der Waals surface area contributed by atoms with E-state index in [0.717, 1.165) is 12.5 Å². The first-order chi connectivity index (χ1) is 8.43. The second-order valence-electron chi connectivity index (χ2n) is 7.85. The summed E-state index contributed by atoms with van der Waals surface area (Å²) in [6.07, 6.45) is 7.21. The van der Waals surface area contributed by atoms with Gasteiger partial charge in [0.15, 0.2) is 0 Å². The van der Waals surface area contributed by atoms with Crippen molar-refractivity contribution < 1.29 is 4.74 Å². The molecule has 3 aliphatic rings. The molecule has 0 radical (unpaired) electrons. The van der Waals surface area contributed by atoms with Gasteiger partial charge in [0.1, 0.15) is 0 Å². The van der Waals surface area contributed by atoms with Gasteiger partial charge in [0.25, 0.3) is 0 Å². The molecule has 1 N–H and O–H groups in total. The molecule has 2 bridgehead atoms. The van der Waals surface area contributed by atoms with Crippen LogP contribution in [-0.4, -0.2) is 24.8 Å². The molecule has 0 aromatic heterocycles. The summed E-state index contributed by atoms with van der Waals surface area (Å²) in [5, 5.41) is 3.96. The molecule has 0 spiro atoms. The molecule has 3 rings (SSSR count). The lowest BCUT2D eigenvalue weighted by Crippen LogP contribution is -2.55. The molecule has 1 heterocycles. The van der Waals surface area contributed by atoms with Crippen LogP contribution >= 0.6 is 0 Å². The molecule has 2 heteroatoms. The van der Waals surface area contributed by atoms with Gasteiger partial charge in [-0.15, -0.1) is 0 Å². The summed E-state index contributed by atoms with van der Waals surface area (Å²) >= 11 is 0. The number of hydrogen-bond donors (Lipinski definition) is 1. The zero-order valence-corrected chi connectivity index (χ0v) is 12.5. The van der Waals surface area contributed by atoms with Gasteiger partial charge >= 0.3 is 0 Å². The van der Waals surface area contributed by atoms with Crippen molar-refractivity contribution in [1.82, 2.24) is 5.32 Å². The highest BCUT2D eigenvalue weighted by molar-refractivity contribution is 5.12. The highest BCUT2D eigenvalue weighted by atomic mass is 16.5. The molecule has 2 saturated carbocycles. The van der Waals surface area contributed by atoms with Crippen LogP contribution in [0.25, 0.3) is 0 Å². The van der Waals surface area contributed by atoms with E-state index in [-0.39, 0.29) is 0 Å². The molecular formula is C16H29NO. The van der Waals surface area contributed by atoms with Crippen molar-refractivity contribution in [2.24, 2.45) is 16.7 Å². The molecule has 5 unspecified atom stereocenters. The molecule has 0 aromatic carbocycles. The van der Waals surface area contributed by atoms with Crippen LogP contribution < -0.4 is 5.32 Å². The Morgan fingerprint density at radius 1 is 1.22 bits per heavy atom. The zero-order chi connectivity index (χ0) is 13.0. The van der Waals surface area contributed by atoms with E-state index in [4.69, 9.17) is 4.74 Å². The van der Waals surface area contributed by atoms with Gasteiger partial charge in [-0.25, -0.2) is 0 Å². The Kier molecular flexibility index (Phi) is 3.02. The van der Waals surface area contributed by atoms with Crippen LogP contribution in [0.15, 0.2) is 0 Å². The van der Waals surface area contributed by atoms with E-state index in [0.29, 0.717) is 29.0 Å². The second-order valence-corrected chi connectivity index (χ2v) is 7.85. The molecule has 2 nitrogen and oxygen atoms in total. The molecule has 1 aliphatic heterocycles. The molecular weight excluding hydrogens is 222 g/mol. The Bertz CT molecular complexity index is 316. The van der Waals surface area contributed by atoms with E-state index in [1.807, 2.05) is 0 Å². The summed E-state index contributed by atoms with van der Waals surface area (Å²) in [6.45, 7) is 10.7. The standard InChI is InChI=1S/C16H29NO/c1-11(13-6-5-9-18-13)17-14-15(2,3)12-7-8-16(14,4)10-12/h11-14,17H,5-10H2,1-4H3. The maximum Gasteiger partial charge on any atom is 0.0726 e. The summed E-state index contributed by atoms with van der Waals surface area (Å²) < 4.78 is 5.84. The van der Waals surface area contributed by atoms with E-state index in [2.05, 4.69) is 33.0 Å².